The molecule has 1 N–H and O–H groups in total. The molecule has 0 aliphatic heterocycles. The molecule has 0 heterocycles. The Balaban J connectivity index is 1.91. The fraction of sp³-hybridized carbons (Fsp3) is 0.143. The Morgan fingerprint density at radius 3 is 1.53 bits per heavy atom. The van der Waals surface area contributed by atoms with Crippen LogP contribution in [0.3, 0.4) is 0 Å². The second-order valence-corrected chi connectivity index (χ2v) is 10.2. The van der Waals surface area contributed by atoms with Gasteiger partial charge in [0.05, 0.1) is 10.6 Å². The highest BCUT2D eigenvalue weighted by atomic mass is 32.2. The largest absolute Gasteiger partial charge is 0.371 e. The summed E-state index contributed by atoms with van der Waals surface area (Å²) in [5.41, 5.74) is 3.85. The molecule has 162 valence electrons. The van der Waals surface area contributed by atoms with Crippen LogP contribution in [-0.2, 0) is 15.4 Å². The zero-order valence-electron chi connectivity index (χ0n) is 18.3. The highest BCUT2D eigenvalue weighted by molar-refractivity contribution is 7.91. The quantitative estimate of drug-likeness (QED) is 0.375. The second kappa shape index (κ2) is 9.01. The minimum Gasteiger partial charge on any atom is -0.371 e. The zero-order valence-corrected chi connectivity index (χ0v) is 19.1. The summed E-state index contributed by atoms with van der Waals surface area (Å²) in [5.74, 6) is -0.120. The summed E-state index contributed by atoms with van der Waals surface area (Å²) in [6.07, 6.45) is 0. The van der Waals surface area contributed by atoms with Gasteiger partial charge in [-0.05, 0) is 49.2 Å². The maximum atomic E-state index is 13.7. The maximum absolute atomic E-state index is 13.7. The Bertz CT molecular complexity index is 1230. The van der Waals surface area contributed by atoms with E-state index in [2.05, 4.69) is 5.32 Å². The molecule has 0 atom stereocenters. The number of nitrogens with one attached hydrogen (secondary N) is 1. The lowest BCUT2D eigenvalue weighted by molar-refractivity contribution is 0.571. The van der Waals surface area contributed by atoms with Crippen LogP contribution in [0.25, 0.3) is 0 Å². The van der Waals surface area contributed by atoms with Gasteiger partial charge >= 0.3 is 0 Å². The molecule has 4 rings (SSSR count). The number of rotatable bonds is 7. The third-order valence-electron chi connectivity index (χ3n) is 5.73. The molecule has 4 aromatic rings. The van der Waals surface area contributed by atoms with E-state index in [0.29, 0.717) is 4.90 Å². The van der Waals surface area contributed by atoms with Crippen molar-refractivity contribution >= 4 is 15.5 Å². The molecule has 0 saturated carbocycles. The van der Waals surface area contributed by atoms with Crippen LogP contribution in [0.15, 0.2) is 114 Å². The summed E-state index contributed by atoms with van der Waals surface area (Å²) in [4.78, 5) is 0.324. The lowest BCUT2D eigenvalue weighted by Crippen LogP contribution is -2.43. The number of benzene rings is 4. The maximum Gasteiger partial charge on any atom is 0.181 e. The highest BCUT2D eigenvalue weighted by Gasteiger charge is 2.39. The minimum atomic E-state index is -3.62. The second-order valence-electron chi connectivity index (χ2n) is 8.20. The standard InChI is InChI=1S/C28H27NO2S/c1-22-13-17-26(18-14-22)29-28(24-9-5-3-6-10-24,25-11-7-4-8-12-25)21-32(30,31)27-19-15-23(2)16-20-27/h3-20,29H,21H2,1-2H3. The van der Waals surface area contributed by atoms with Gasteiger partial charge in [-0.3, -0.25) is 0 Å². The molecule has 0 saturated heterocycles. The van der Waals surface area contributed by atoms with Crippen LogP contribution in [0.1, 0.15) is 22.3 Å². The molecular weight excluding hydrogens is 414 g/mol. The molecule has 0 aliphatic rings. The Labute approximate surface area is 190 Å². The van der Waals surface area contributed by atoms with E-state index in [-0.39, 0.29) is 5.75 Å². The molecule has 0 aliphatic carbocycles. The van der Waals surface area contributed by atoms with Gasteiger partial charge in [0, 0.05) is 5.69 Å². The van der Waals surface area contributed by atoms with Gasteiger partial charge in [0.2, 0.25) is 0 Å². The summed E-state index contributed by atoms with van der Waals surface area (Å²) >= 11 is 0. The normalized spacial score (nSPS) is 11.8. The van der Waals surface area contributed by atoms with Crippen molar-refractivity contribution in [3.63, 3.8) is 0 Å². The van der Waals surface area contributed by atoms with Crippen LogP contribution < -0.4 is 5.32 Å². The molecular formula is C28H27NO2S. The number of hydrogen-bond donors (Lipinski definition) is 1. The van der Waals surface area contributed by atoms with Gasteiger partial charge in [0.25, 0.3) is 0 Å². The van der Waals surface area contributed by atoms with E-state index < -0.39 is 15.4 Å². The van der Waals surface area contributed by atoms with Gasteiger partial charge in [0.1, 0.15) is 5.54 Å². The first kappa shape index (κ1) is 21.8. The Hall–Kier alpha value is -3.37. The van der Waals surface area contributed by atoms with E-state index in [0.717, 1.165) is 27.9 Å². The number of aryl methyl sites for hydroxylation is 2. The van der Waals surface area contributed by atoms with Gasteiger partial charge in [0.15, 0.2) is 9.84 Å². The van der Waals surface area contributed by atoms with Gasteiger partial charge in [-0.15, -0.1) is 0 Å². The summed E-state index contributed by atoms with van der Waals surface area (Å²) in [5, 5.41) is 3.61. The van der Waals surface area contributed by atoms with Crippen molar-refractivity contribution < 1.29 is 8.42 Å². The smallest absolute Gasteiger partial charge is 0.181 e. The van der Waals surface area contributed by atoms with Gasteiger partial charge in [-0.25, -0.2) is 8.42 Å². The van der Waals surface area contributed by atoms with E-state index in [1.54, 1.807) is 12.1 Å². The zero-order chi connectivity index (χ0) is 22.6. The van der Waals surface area contributed by atoms with Crippen molar-refractivity contribution in [1.29, 1.82) is 0 Å². The predicted molar refractivity (Wildman–Crippen MR) is 132 cm³/mol. The third-order valence-corrected chi connectivity index (χ3v) is 7.53. The lowest BCUT2D eigenvalue weighted by atomic mass is 9.84. The summed E-state index contributed by atoms with van der Waals surface area (Å²) in [6.45, 7) is 3.99. The molecule has 4 heteroatoms. The van der Waals surface area contributed by atoms with Crippen LogP contribution in [-0.4, -0.2) is 14.2 Å². The van der Waals surface area contributed by atoms with E-state index in [9.17, 15) is 8.42 Å². The molecule has 4 aromatic carbocycles. The third kappa shape index (κ3) is 4.61. The van der Waals surface area contributed by atoms with E-state index in [4.69, 9.17) is 0 Å². The summed E-state index contributed by atoms with van der Waals surface area (Å²) in [6, 6.07) is 34.7. The molecule has 0 aromatic heterocycles. The van der Waals surface area contributed by atoms with Gasteiger partial charge in [-0.1, -0.05) is 96.1 Å². The average Bonchev–Trinajstić information content (AvgIpc) is 2.81. The van der Waals surface area contributed by atoms with E-state index >= 15 is 0 Å². The number of anilines is 1. The topological polar surface area (TPSA) is 46.2 Å². The first-order valence-electron chi connectivity index (χ1n) is 10.6. The van der Waals surface area contributed by atoms with Crippen LogP contribution in [0.5, 0.6) is 0 Å². The van der Waals surface area contributed by atoms with Crippen molar-refractivity contribution in [3.05, 3.63) is 131 Å². The number of hydrogen-bond acceptors (Lipinski definition) is 3. The molecule has 0 amide bonds. The Morgan fingerprint density at radius 2 is 1.06 bits per heavy atom. The molecule has 0 unspecified atom stereocenters. The first-order valence-corrected chi connectivity index (χ1v) is 12.3. The Kier molecular flexibility index (Phi) is 6.15. The fourth-order valence-electron chi connectivity index (χ4n) is 3.96. The SMILES string of the molecule is Cc1ccc(NC(CS(=O)(=O)c2ccc(C)cc2)(c2ccccc2)c2ccccc2)cc1. The van der Waals surface area contributed by atoms with Crippen LogP contribution >= 0.6 is 0 Å². The summed E-state index contributed by atoms with van der Waals surface area (Å²) < 4.78 is 27.4. The molecule has 32 heavy (non-hydrogen) atoms. The van der Waals surface area contributed by atoms with Crippen molar-refractivity contribution in [1.82, 2.24) is 0 Å². The van der Waals surface area contributed by atoms with E-state index in [1.165, 1.54) is 0 Å². The van der Waals surface area contributed by atoms with Crippen molar-refractivity contribution in [3.8, 4) is 0 Å². The fourth-order valence-corrected chi connectivity index (χ4v) is 5.65. The molecule has 0 bridgehead atoms. The van der Waals surface area contributed by atoms with Gasteiger partial charge in [-0.2, -0.15) is 0 Å². The van der Waals surface area contributed by atoms with E-state index in [1.807, 2.05) is 111 Å². The summed E-state index contributed by atoms with van der Waals surface area (Å²) in [7, 11) is -3.62. The number of sulfone groups is 1. The van der Waals surface area contributed by atoms with Crippen LogP contribution in [0.2, 0.25) is 0 Å². The van der Waals surface area contributed by atoms with Crippen molar-refractivity contribution in [2.24, 2.45) is 0 Å². The van der Waals surface area contributed by atoms with Crippen LogP contribution in [0.4, 0.5) is 5.69 Å². The minimum absolute atomic E-state index is 0.120. The van der Waals surface area contributed by atoms with Crippen molar-refractivity contribution in [2.75, 3.05) is 11.1 Å². The van der Waals surface area contributed by atoms with Gasteiger partial charge < -0.3 is 5.32 Å². The molecule has 3 nitrogen and oxygen atoms in total. The van der Waals surface area contributed by atoms with Crippen molar-refractivity contribution in [2.45, 2.75) is 24.3 Å². The molecule has 0 spiro atoms. The average molecular weight is 442 g/mol. The predicted octanol–water partition coefficient (Wildman–Crippen LogP) is 6.13. The molecule has 0 radical (unpaired) electrons. The highest BCUT2D eigenvalue weighted by Crippen LogP contribution is 2.37. The first-order chi connectivity index (χ1) is 15.4. The Morgan fingerprint density at radius 1 is 0.625 bits per heavy atom. The van der Waals surface area contributed by atoms with Crippen LogP contribution in [0, 0.1) is 13.8 Å². The molecule has 0 fully saturated rings. The monoisotopic (exact) mass is 441 g/mol. The lowest BCUT2D eigenvalue weighted by Gasteiger charge is -2.37.